The monoisotopic (exact) mass is 376 g/mol. The van der Waals surface area contributed by atoms with E-state index >= 15 is 0 Å². The van der Waals surface area contributed by atoms with Crippen LogP contribution in [0.5, 0.6) is 11.5 Å². The highest BCUT2D eigenvalue weighted by Gasteiger charge is 2.41. The second kappa shape index (κ2) is 7.47. The largest absolute Gasteiger partial charge is 0.493 e. The van der Waals surface area contributed by atoms with Crippen LogP contribution in [0.25, 0.3) is 0 Å². The zero-order valence-electron chi connectivity index (χ0n) is 14.3. The molecule has 8 heteroatoms. The number of benzene rings is 1. The molecule has 0 aromatic heterocycles. The molecule has 3 N–H and O–H groups in total. The van der Waals surface area contributed by atoms with Crippen LogP contribution in [0.1, 0.15) is 32.6 Å². The molecule has 1 fully saturated rings. The molecule has 0 heterocycles. The van der Waals surface area contributed by atoms with Gasteiger partial charge < -0.3 is 15.2 Å². The average Bonchev–Trinajstić information content (AvgIpc) is 2.56. The van der Waals surface area contributed by atoms with Crippen LogP contribution < -0.4 is 19.9 Å². The van der Waals surface area contributed by atoms with Crippen molar-refractivity contribution in [2.75, 3.05) is 20.8 Å². The van der Waals surface area contributed by atoms with E-state index < -0.39 is 15.6 Å². The summed E-state index contributed by atoms with van der Waals surface area (Å²) in [6, 6.07) is 2.82. The number of ether oxygens (including phenoxy) is 2. The first kappa shape index (κ1) is 19.3. The SMILES string of the molecule is COc1cc(Cl)c(S(=O)(=O)NC2(CN)CCCCC2C)cc1OC. The molecular weight excluding hydrogens is 352 g/mol. The molecule has 1 aliphatic carbocycles. The third-order valence-electron chi connectivity index (χ3n) is 4.88. The molecular formula is C16H25ClN2O4S. The van der Waals surface area contributed by atoms with E-state index in [1.807, 2.05) is 6.92 Å². The molecule has 24 heavy (non-hydrogen) atoms. The van der Waals surface area contributed by atoms with Crippen LogP contribution in [0.3, 0.4) is 0 Å². The van der Waals surface area contributed by atoms with Gasteiger partial charge in [-0.1, -0.05) is 31.4 Å². The van der Waals surface area contributed by atoms with Crippen molar-refractivity contribution in [3.8, 4) is 11.5 Å². The Morgan fingerprint density at radius 1 is 1.29 bits per heavy atom. The number of hydrogen-bond donors (Lipinski definition) is 2. The van der Waals surface area contributed by atoms with Crippen LogP contribution in [-0.4, -0.2) is 34.7 Å². The maximum atomic E-state index is 13.0. The normalized spacial score (nSPS) is 24.6. The van der Waals surface area contributed by atoms with Crippen molar-refractivity contribution < 1.29 is 17.9 Å². The first-order valence-electron chi connectivity index (χ1n) is 7.95. The van der Waals surface area contributed by atoms with Crippen molar-refractivity contribution in [3.63, 3.8) is 0 Å². The first-order valence-corrected chi connectivity index (χ1v) is 9.81. The average molecular weight is 377 g/mol. The number of rotatable bonds is 6. The van der Waals surface area contributed by atoms with Gasteiger partial charge in [-0.3, -0.25) is 0 Å². The Morgan fingerprint density at radius 3 is 2.46 bits per heavy atom. The van der Waals surface area contributed by atoms with Gasteiger partial charge in [0.1, 0.15) is 4.90 Å². The fraction of sp³-hybridized carbons (Fsp3) is 0.625. The van der Waals surface area contributed by atoms with Gasteiger partial charge in [0, 0.05) is 24.2 Å². The molecule has 2 unspecified atom stereocenters. The van der Waals surface area contributed by atoms with Crippen molar-refractivity contribution in [2.24, 2.45) is 11.7 Å². The second-order valence-electron chi connectivity index (χ2n) is 6.25. The summed E-state index contributed by atoms with van der Waals surface area (Å²) in [6.07, 6.45) is 3.69. The number of halogens is 1. The Bertz CT molecular complexity index is 696. The number of nitrogens with two attached hydrogens (primary N) is 1. The van der Waals surface area contributed by atoms with Crippen molar-refractivity contribution in [2.45, 2.75) is 43.0 Å². The van der Waals surface area contributed by atoms with Gasteiger partial charge in [-0.2, -0.15) is 0 Å². The Balaban J connectivity index is 2.43. The predicted octanol–water partition coefficient (Wildman–Crippen LogP) is 2.54. The quantitative estimate of drug-likeness (QED) is 0.796. The van der Waals surface area contributed by atoms with Crippen molar-refractivity contribution in [1.29, 1.82) is 0 Å². The maximum Gasteiger partial charge on any atom is 0.242 e. The summed E-state index contributed by atoms with van der Waals surface area (Å²) in [5.74, 6) is 0.840. The zero-order valence-corrected chi connectivity index (χ0v) is 15.8. The Hall–Kier alpha value is -1.02. The molecule has 0 radical (unpaired) electrons. The van der Waals surface area contributed by atoms with Gasteiger partial charge in [0.25, 0.3) is 0 Å². The van der Waals surface area contributed by atoms with Crippen LogP contribution in [0.4, 0.5) is 0 Å². The smallest absolute Gasteiger partial charge is 0.242 e. The van der Waals surface area contributed by atoms with Crippen molar-refractivity contribution >= 4 is 21.6 Å². The Labute approximate surface area is 148 Å². The summed E-state index contributed by atoms with van der Waals surface area (Å²) < 4.78 is 39.1. The van der Waals surface area contributed by atoms with E-state index in [-0.39, 0.29) is 22.4 Å². The lowest BCUT2D eigenvalue weighted by molar-refractivity contribution is 0.191. The van der Waals surface area contributed by atoms with Gasteiger partial charge in [0.15, 0.2) is 11.5 Å². The van der Waals surface area contributed by atoms with E-state index in [1.165, 1.54) is 26.4 Å². The molecule has 0 bridgehead atoms. The number of sulfonamides is 1. The minimum Gasteiger partial charge on any atom is -0.493 e. The van der Waals surface area contributed by atoms with Crippen molar-refractivity contribution in [3.05, 3.63) is 17.2 Å². The third kappa shape index (κ3) is 3.64. The molecule has 1 aliphatic rings. The third-order valence-corrected chi connectivity index (χ3v) is 6.90. The highest BCUT2D eigenvalue weighted by Crippen LogP contribution is 2.38. The second-order valence-corrected chi connectivity index (χ2v) is 8.31. The first-order chi connectivity index (χ1) is 11.3. The predicted molar refractivity (Wildman–Crippen MR) is 94.3 cm³/mol. The summed E-state index contributed by atoms with van der Waals surface area (Å²) in [5, 5.41) is 0.0794. The Morgan fingerprint density at radius 2 is 1.92 bits per heavy atom. The number of methoxy groups -OCH3 is 2. The minimum atomic E-state index is -3.85. The molecule has 1 aromatic rings. The molecule has 0 aliphatic heterocycles. The Kier molecular flexibility index (Phi) is 6.01. The van der Waals surface area contributed by atoms with Crippen LogP contribution >= 0.6 is 11.6 Å². The molecule has 136 valence electrons. The summed E-state index contributed by atoms with van der Waals surface area (Å²) in [7, 11) is -0.938. The fourth-order valence-corrected chi connectivity index (χ4v) is 5.34. The van der Waals surface area contributed by atoms with Gasteiger partial charge in [0.05, 0.1) is 19.2 Å². The van der Waals surface area contributed by atoms with E-state index in [1.54, 1.807) is 0 Å². The van der Waals surface area contributed by atoms with Gasteiger partial charge in [0.2, 0.25) is 10.0 Å². The van der Waals surface area contributed by atoms with E-state index in [2.05, 4.69) is 4.72 Å². The van der Waals surface area contributed by atoms with Gasteiger partial charge in [-0.05, 0) is 18.8 Å². The highest BCUT2D eigenvalue weighted by molar-refractivity contribution is 7.89. The van der Waals surface area contributed by atoms with E-state index in [9.17, 15) is 8.42 Å². The molecule has 6 nitrogen and oxygen atoms in total. The number of nitrogens with one attached hydrogen (secondary N) is 1. The maximum absolute atomic E-state index is 13.0. The van der Waals surface area contributed by atoms with Crippen LogP contribution in [0.15, 0.2) is 17.0 Å². The lowest BCUT2D eigenvalue weighted by Gasteiger charge is -2.42. The molecule has 0 saturated heterocycles. The molecule has 0 amide bonds. The molecule has 2 rings (SSSR count). The topological polar surface area (TPSA) is 90.7 Å². The minimum absolute atomic E-state index is 0.0348. The standard InChI is InChI=1S/C16H25ClN2O4S/c1-11-6-4-5-7-16(11,10-18)19-24(20,21)15-9-14(23-3)13(22-2)8-12(15)17/h8-9,11,19H,4-7,10,18H2,1-3H3. The lowest BCUT2D eigenvalue weighted by Crippen LogP contribution is -2.58. The summed E-state index contributed by atoms with van der Waals surface area (Å²) >= 11 is 6.18. The van der Waals surface area contributed by atoms with E-state index in [0.717, 1.165) is 25.7 Å². The molecule has 0 spiro atoms. The van der Waals surface area contributed by atoms with Crippen LogP contribution in [-0.2, 0) is 10.0 Å². The molecule has 1 saturated carbocycles. The fourth-order valence-electron chi connectivity index (χ4n) is 3.27. The van der Waals surface area contributed by atoms with E-state index in [0.29, 0.717) is 11.5 Å². The summed E-state index contributed by atoms with van der Waals surface area (Å²) in [6.45, 7) is 2.28. The van der Waals surface area contributed by atoms with Gasteiger partial charge in [-0.15, -0.1) is 0 Å². The van der Waals surface area contributed by atoms with Crippen LogP contribution in [0.2, 0.25) is 5.02 Å². The lowest BCUT2D eigenvalue weighted by atomic mass is 9.74. The van der Waals surface area contributed by atoms with Gasteiger partial charge >= 0.3 is 0 Å². The molecule has 1 aromatic carbocycles. The van der Waals surface area contributed by atoms with E-state index in [4.69, 9.17) is 26.8 Å². The van der Waals surface area contributed by atoms with Gasteiger partial charge in [-0.25, -0.2) is 13.1 Å². The summed E-state index contributed by atoms with van der Waals surface area (Å²) in [4.78, 5) is -0.0348. The van der Waals surface area contributed by atoms with Crippen LogP contribution in [0, 0.1) is 5.92 Å². The summed E-state index contributed by atoms with van der Waals surface area (Å²) in [5.41, 5.74) is 5.30. The molecule has 2 atom stereocenters. The number of hydrogen-bond acceptors (Lipinski definition) is 5. The zero-order chi connectivity index (χ0) is 18.0. The highest BCUT2D eigenvalue weighted by atomic mass is 35.5. The van der Waals surface area contributed by atoms with Crippen molar-refractivity contribution in [1.82, 2.24) is 4.72 Å².